The number of hydrogen-bond acceptors (Lipinski definition) is 7. The van der Waals surface area contributed by atoms with Crippen LogP contribution in [0, 0.1) is 11.7 Å². The van der Waals surface area contributed by atoms with E-state index in [1.165, 1.54) is 41.1 Å². The van der Waals surface area contributed by atoms with E-state index in [9.17, 15) is 19.1 Å². The van der Waals surface area contributed by atoms with E-state index in [0.717, 1.165) is 0 Å². The van der Waals surface area contributed by atoms with Crippen molar-refractivity contribution >= 4 is 5.91 Å². The van der Waals surface area contributed by atoms with Gasteiger partial charge in [-0.25, -0.2) is 9.37 Å². The van der Waals surface area contributed by atoms with Gasteiger partial charge < -0.3 is 14.8 Å². The van der Waals surface area contributed by atoms with E-state index < -0.39 is 29.4 Å². The van der Waals surface area contributed by atoms with Crippen LogP contribution in [-0.2, 0) is 16.8 Å². The maximum Gasteiger partial charge on any atom is 0.254 e. The molecule has 3 rings (SSSR count). The maximum absolute atomic E-state index is 13.3. The fraction of sp³-hybridized carbons (Fsp3) is 0.435. The SMILES string of the molecule is CC(C)[C@H](NC(=O)Cn1c(-c2ccc(F)cc2)nccc1=O)C(O)c1nnc(C(C)(C)C)o1. The number of aromatic nitrogens is 4. The third-order valence-electron chi connectivity index (χ3n) is 5.06. The van der Waals surface area contributed by atoms with Crippen molar-refractivity contribution < 1.29 is 18.7 Å². The Balaban J connectivity index is 1.82. The second kappa shape index (κ2) is 9.62. The normalized spacial score (nSPS) is 13.7. The topological polar surface area (TPSA) is 123 Å². The van der Waals surface area contributed by atoms with Crippen molar-refractivity contribution in [1.82, 2.24) is 25.1 Å². The molecule has 2 aromatic heterocycles. The number of aliphatic hydroxyl groups is 1. The Morgan fingerprint density at radius 2 is 1.85 bits per heavy atom. The predicted molar refractivity (Wildman–Crippen MR) is 119 cm³/mol. The first-order valence-corrected chi connectivity index (χ1v) is 10.6. The molecule has 0 saturated heterocycles. The molecule has 33 heavy (non-hydrogen) atoms. The van der Waals surface area contributed by atoms with Crippen LogP contribution in [0.1, 0.15) is 52.5 Å². The molecule has 2 atom stereocenters. The smallest absolute Gasteiger partial charge is 0.254 e. The van der Waals surface area contributed by atoms with Gasteiger partial charge in [-0.15, -0.1) is 10.2 Å². The molecular formula is C23H28FN5O4. The molecule has 0 aliphatic heterocycles. The molecule has 9 nitrogen and oxygen atoms in total. The minimum atomic E-state index is -1.24. The maximum atomic E-state index is 13.3. The Morgan fingerprint density at radius 3 is 2.42 bits per heavy atom. The van der Waals surface area contributed by atoms with Crippen molar-refractivity contribution in [2.45, 2.75) is 58.7 Å². The third kappa shape index (κ3) is 5.70. The van der Waals surface area contributed by atoms with E-state index in [1.54, 1.807) is 0 Å². The highest BCUT2D eigenvalue weighted by molar-refractivity contribution is 5.77. The summed E-state index contributed by atoms with van der Waals surface area (Å²) in [6.45, 7) is 9.03. The zero-order valence-electron chi connectivity index (χ0n) is 19.2. The van der Waals surface area contributed by atoms with Gasteiger partial charge in [-0.3, -0.25) is 14.2 Å². The molecule has 176 valence electrons. The highest BCUT2D eigenvalue weighted by atomic mass is 19.1. The fourth-order valence-electron chi connectivity index (χ4n) is 3.21. The molecule has 1 unspecified atom stereocenters. The lowest BCUT2D eigenvalue weighted by molar-refractivity contribution is -0.124. The first-order chi connectivity index (χ1) is 15.5. The number of aliphatic hydroxyl groups excluding tert-OH is 1. The summed E-state index contributed by atoms with van der Waals surface area (Å²) < 4.78 is 20.1. The van der Waals surface area contributed by atoms with E-state index >= 15 is 0 Å². The first kappa shape index (κ1) is 24.2. The number of halogens is 1. The number of carbonyl (C=O) groups excluding carboxylic acids is 1. The molecule has 0 fully saturated rings. The number of rotatable bonds is 7. The van der Waals surface area contributed by atoms with Crippen LogP contribution in [0.5, 0.6) is 0 Å². The molecule has 1 aromatic carbocycles. The molecular weight excluding hydrogens is 429 g/mol. The van der Waals surface area contributed by atoms with Gasteiger partial charge in [0.2, 0.25) is 17.7 Å². The number of carbonyl (C=O) groups is 1. The Bertz CT molecular complexity index is 1160. The van der Waals surface area contributed by atoms with Gasteiger partial charge in [0.25, 0.3) is 5.56 Å². The molecule has 0 bridgehead atoms. The van der Waals surface area contributed by atoms with Crippen molar-refractivity contribution in [1.29, 1.82) is 0 Å². The second-order valence-electron chi connectivity index (χ2n) is 9.18. The summed E-state index contributed by atoms with van der Waals surface area (Å²) in [7, 11) is 0. The quantitative estimate of drug-likeness (QED) is 0.559. The lowest BCUT2D eigenvalue weighted by Crippen LogP contribution is -2.45. The van der Waals surface area contributed by atoms with Crippen LogP contribution in [0.15, 0.2) is 45.7 Å². The molecule has 10 heteroatoms. The average molecular weight is 458 g/mol. The largest absolute Gasteiger partial charge is 0.422 e. The monoisotopic (exact) mass is 457 g/mol. The molecule has 2 N–H and O–H groups in total. The van der Waals surface area contributed by atoms with Gasteiger partial charge in [0.1, 0.15) is 18.2 Å². The summed E-state index contributed by atoms with van der Waals surface area (Å²) in [5.74, 6) is -0.518. The van der Waals surface area contributed by atoms with Crippen molar-refractivity contribution in [2.75, 3.05) is 0 Å². The Hall–Kier alpha value is -3.40. The Morgan fingerprint density at radius 1 is 1.18 bits per heavy atom. The minimum absolute atomic E-state index is 0.00414. The van der Waals surface area contributed by atoms with Crippen LogP contribution in [0.2, 0.25) is 0 Å². The third-order valence-corrected chi connectivity index (χ3v) is 5.06. The van der Waals surface area contributed by atoms with Gasteiger partial charge in [-0.05, 0) is 30.2 Å². The molecule has 0 saturated carbocycles. The van der Waals surface area contributed by atoms with Gasteiger partial charge in [-0.1, -0.05) is 34.6 Å². The summed E-state index contributed by atoms with van der Waals surface area (Å²) in [5, 5.41) is 21.5. The Labute approximate surface area is 190 Å². The predicted octanol–water partition coefficient (Wildman–Crippen LogP) is 2.60. The molecule has 0 aliphatic carbocycles. The van der Waals surface area contributed by atoms with Gasteiger partial charge in [0, 0.05) is 23.2 Å². The molecule has 1 amide bonds. The van der Waals surface area contributed by atoms with Crippen molar-refractivity contribution in [3.8, 4) is 11.4 Å². The number of nitrogens with zero attached hydrogens (tertiary/aromatic N) is 4. The van der Waals surface area contributed by atoms with Crippen LogP contribution < -0.4 is 10.9 Å². The van der Waals surface area contributed by atoms with Crippen LogP contribution in [0.4, 0.5) is 4.39 Å². The van der Waals surface area contributed by atoms with E-state index in [2.05, 4.69) is 20.5 Å². The summed E-state index contributed by atoms with van der Waals surface area (Å²) in [6, 6.07) is 5.96. The van der Waals surface area contributed by atoms with Crippen LogP contribution >= 0.6 is 0 Å². The standard InChI is InChI=1S/C23H28FN5O4/c1-13(2)18(19(32)21-27-28-22(33-21)23(3,4)5)26-16(30)12-29-17(31)10-11-25-20(29)14-6-8-15(24)9-7-14/h6-11,13,18-19,32H,12H2,1-5H3,(H,26,30)/t18-,19?/m0/s1. The molecule has 0 radical (unpaired) electrons. The summed E-state index contributed by atoms with van der Waals surface area (Å²) in [6.07, 6.45) is 0.0955. The number of nitrogens with one attached hydrogen (secondary N) is 1. The highest BCUT2D eigenvalue weighted by Crippen LogP contribution is 2.26. The van der Waals surface area contributed by atoms with Crippen LogP contribution in [0.3, 0.4) is 0 Å². The lowest BCUT2D eigenvalue weighted by atomic mass is 9.97. The van der Waals surface area contributed by atoms with E-state index in [-0.39, 0.29) is 29.6 Å². The number of hydrogen-bond donors (Lipinski definition) is 2. The van der Waals surface area contributed by atoms with Crippen LogP contribution in [-0.4, -0.2) is 36.8 Å². The zero-order valence-corrected chi connectivity index (χ0v) is 19.2. The van der Waals surface area contributed by atoms with Crippen molar-refractivity contribution in [3.05, 3.63) is 64.5 Å². The van der Waals surface area contributed by atoms with Gasteiger partial charge in [0.15, 0.2) is 6.10 Å². The molecule has 0 aliphatic rings. The summed E-state index contributed by atoms with van der Waals surface area (Å²) >= 11 is 0. The van der Waals surface area contributed by atoms with Crippen molar-refractivity contribution in [2.24, 2.45) is 5.92 Å². The second-order valence-corrected chi connectivity index (χ2v) is 9.18. The molecule has 2 heterocycles. The molecule has 3 aromatic rings. The Kier molecular flexibility index (Phi) is 7.06. The lowest BCUT2D eigenvalue weighted by Gasteiger charge is -2.26. The van der Waals surface area contributed by atoms with Gasteiger partial charge in [-0.2, -0.15) is 0 Å². The van der Waals surface area contributed by atoms with E-state index in [0.29, 0.717) is 11.5 Å². The number of amides is 1. The van der Waals surface area contributed by atoms with E-state index in [4.69, 9.17) is 4.42 Å². The van der Waals surface area contributed by atoms with Crippen molar-refractivity contribution in [3.63, 3.8) is 0 Å². The first-order valence-electron chi connectivity index (χ1n) is 10.6. The fourth-order valence-corrected chi connectivity index (χ4v) is 3.21. The highest BCUT2D eigenvalue weighted by Gasteiger charge is 2.32. The number of benzene rings is 1. The zero-order chi connectivity index (χ0) is 24.3. The average Bonchev–Trinajstić information content (AvgIpc) is 3.24. The molecule has 0 spiro atoms. The van der Waals surface area contributed by atoms with Gasteiger partial charge >= 0.3 is 0 Å². The van der Waals surface area contributed by atoms with Crippen LogP contribution in [0.25, 0.3) is 11.4 Å². The summed E-state index contributed by atoms with van der Waals surface area (Å²) in [5.41, 5.74) is -0.337. The summed E-state index contributed by atoms with van der Waals surface area (Å²) in [4.78, 5) is 29.5. The minimum Gasteiger partial charge on any atom is -0.422 e. The van der Waals surface area contributed by atoms with Gasteiger partial charge in [0.05, 0.1) is 6.04 Å². The van der Waals surface area contributed by atoms with E-state index in [1.807, 2.05) is 34.6 Å².